The van der Waals surface area contributed by atoms with E-state index in [1.165, 1.54) is 36.4 Å². The van der Waals surface area contributed by atoms with Crippen LogP contribution in [-0.2, 0) is 0 Å². The molecule has 0 spiro atoms. The van der Waals surface area contributed by atoms with Crippen LogP contribution in [0.15, 0.2) is 40.8 Å². The van der Waals surface area contributed by atoms with E-state index in [1.54, 1.807) is 0 Å². The maximum atomic E-state index is 12.6. The summed E-state index contributed by atoms with van der Waals surface area (Å²) in [5, 5.41) is 19.5. The zero-order chi connectivity index (χ0) is 16.7. The van der Waals surface area contributed by atoms with E-state index in [0.717, 1.165) is 0 Å². The van der Waals surface area contributed by atoms with Crippen LogP contribution in [0.1, 0.15) is 26.5 Å². The van der Waals surface area contributed by atoms with E-state index >= 15 is 0 Å². The fourth-order valence-corrected chi connectivity index (χ4v) is 2.75. The third kappa shape index (κ3) is 2.65. The second kappa shape index (κ2) is 5.61. The van der Waals surface area contributed by atoms with Gasteiger partial charge < -0.3 is 14.6 Å². The molecule has 0 bridgehead atoms. The van der Waals surface area contributed by atoms with Crippen molar-refractivity contribution in [3.05, 3.63) is 63.3 Å². The van der Waals surface area contributed by atoms with Crippen LogP contribution in [0.2, 0.25) is 10.0 Å². The van der Waals surface area contributed by atoms with E-state index in [-0.39, 0.29) is 38.6 Å². The maximum Gasteiger partial charge on any atom is 0.340 e. The number of ketones is 1. The Morgan fingerprint density at radius 3 is 2.43 bits per heavy atom. The predicted molar refractivity (Wildman–Crippen MR) is 84.7 cm³/mol. The number of hydrogen-bond acceptors (Lipinski definition) is 4. The van der Waals surface area contributed by atoms with Crippen molar-refractivity contribution in [3.8, 4) is 5.75 Å². The molecule has 3 rings (SSSR count). The summed E-state index contributed by atoms with van der Waals surface area (Å²) in [7, 11) is 0. The number of furan rings is 1. The zero-order valence-electron chi connectivity index (χ0n) is 11.3. The molecular formula is C16H8Cl2O5. The van der Waals surface area contributed by atoms with Crippen LogP contribution in [0.25, 0.3) is 11.0 Å². The van der Waals surface area contributed by atoms with Gasteiger partial charge in [0, 0.05) is 22.0 Å². The number of phenolic OH excluding ortho intramolecular Hbond substituents is 1. The molecule has 0 atom stereocenters. The van der Waals surface area contributed by atoms with Crippen LogP contribution in [0.4, 0.5) is 0 Å². The first-order chi connectivity index (χ1) is 10.9. The second-order valence-corrected chi connectivity index (χ2v) is 5.59. The normalized spacial score (nSPS) is 10.9. The van der Waals surface area contributed by atoms with Gasteiger partial charge >= 0.3 is 5.97 Å². The number of aromatic carboxylic acids is 1. The molecule has 2 N–H and O–H groups in total. The fraction of sp³-hybridized carbons (Fsp3) is 0. The number of carbonyl (C=O) groups is 2. The van der Waals surface area contributed by atoms with E-state index in [1.807, 2.05) is 0 Å². The Kier molecular flexibility index (Phi) is 3.75. The summed E-state index contributed by atoms with van der Waals surface area (Å²) >= 11 is 11.8. The summed E-state index contributed by atoms with van der Waals surface area (Å²) < 4.78 is 5.36. The molecule has 0 aliphatic heterocycles. The molecule has 23 heavy (non-hydrogen) atoms. The van der Waals surface area contributed by atoms with E-state index in [9.17, 15) is 19.8 Å². The van der Waals surface area contributed by atoms with Crippen LogP contribution in [0.3, 0.4) is 0 Å². The highest BCUT2D eigenvalue weighted by atomic mass is 35.5. The van der Waals surface area contributed by atoms with Gasteiger partial charge in [-0.15, -0.1) is 0 Å². The Morgan fingerprint density at radius 2 is 1.78 bits per heavy atom. The average molecular weight is 351 g/mol. The summed E-state index contributed by atoms with van der Waals surface area (Å²) in [5.41, 5.74) is -0.117. The molecule has 1 aromatic heterocycles. The minimum atomic E-state index is -1.32. The number of fused-ring (bicyclic) bond motifs is 1. The van der Waals surface area contributed by atoms with Crippen molar-refractivity contribution < 1.29 is 24.2 Å². The first kappa shape index (κ1) is 15.4. The van der Waals surface area contributed by atoms with Crippen LogP contribution in [0, 0.1) is 0 Å². The van der Waals surface area contributed by atoms with Crippen molar-refractivity contribution in [1.29, 1.82) is 0 Å². The number of benzene rings is 2. The highest BCUT2D eigenvalue weighted by Crippen LogP contribution is 2.32. The molecule has 7 heteroatoms. The maximum absolute atomic E-state index is 12.6. The van der Waals surface area contributed by atoms with Crippen molar-refractivity contribution in [1.82, 2.24) is 0 Å². The van der Waals surface area contributed by atoms with E-state index in [2.05, 4.69) is 0 Å². The molecule has 116 valence electrons. The summed E-state index contributed by atoms with van der Waals surface area (Å²) in [6.07, 6.45) is 0. The highest BCUT2D eigenvalue weighted by Gasteiger charge is 2.27. The van der Waals surface area contributed by atoms with Crippen LogP contribution in [-0.4, -0.2) is 22.0 Å². The third-order valence-electron chi connectivity index (χ3n) is 3.27. The van der Waals surface area contributed by atoms with Gasteiger partial charge in [0.05, 0.1) is 5.02 Å². The molecule has 0 aliphatic carbocycles. The molecule has 3 aromatic rings. The summed E-state index contributed by atoms with van der Waals surface area (Å²) in [5.74, 6) is -2.46. The van der Waals surface area contributed by atoms with Crippen molar-refractivity contribution in [3.63, 3.8) is 0 Å². The van der Waals surface area contributed by atoms with E-state index in [4.69, 9.17) is 27.6 Å². The van der Waals surface area contributed by atoms with E-state index in [0.29, 0.717) is 5.02 Å². The second-order valence-electron chi connectivity index (χ2n) is 4.75. The van der Waals surface area contributed by atoms with Gasteiger partial charge in [-0.2, -0.15) is 0 Å². The van der Waals surface area contributed by atoms with Crippen molar-refractivity contribution in [2.45, 2.75) is 0 Å². The van der Waals surface area contributed by atoms with Crippen molar-refractivity contribution >= 4 is 45.9 Å². The smallest absolute Gasteiger partial charge is 0.340 e. The number of carboxylic acids is 1. The largest absolute Gasteiger partial charge is 0.508 e. The minimum absolute atomic E-state index is 0.0712. The third-order valence-corrected chi connectivity index (χ3v) is 3.82. The van der Waals surface area contributed by atoms with Gasteiger partial charge in [0.25, 0.3) is 0 Å². The molecule has 0 saturated carbocycles. The molecule has 0 fully saturated rings. The molecule has 5 nitrogen and oxygen atoms in total. The number of carboxylic acid groups (broad SMARTS) is 1. The predicted octanol–water partition coefficient (Wildman–Crippen LogP) is 4.37. The van der Waals surface area contributed by atoms with Gasteiger partial charge in [-0.1, -0.05) is 23.2 Å². The molecular weight excluding hydrogens is 343 g/mol. The molecule has 0 saturated heterocycles. The lowest BCUT2D eigenvalue weighted by Gasteiger charge is -2.02. The quantitative estimate of drug-likeness (QED) is 0.684. The standard InChI is InChI=1S/C16H8Cl2O5/c17-7-1-3-9(11(18)5-7)14(20)15-13(16(21)22)10-4-2-8(19)6-12(10)23-15/h1-6,19H,(H,21,22). The van der Waals surface area contributed by atoms with Crippen molar-refractivity contribution in [2.75, 3.05) is 0 Å². The monoisotopic (exact) mass is 350 g/mol. The van der Waals surface area contributed by atoms with Gasteiger partial charge in [-0.3, -0.25) is 4.79 Å². The number of carbonyl (C=O) groups excluding carboxylic acids is 1. The summed E-state index contributed by atoms with van der Waals surface area (Å²) in [6, 6.07) is 8.16. The molecule has 0 amide bonds. The number of rotatable bonds is 3. The van der Waals surface area contributed by atoms with Crippen LogP contribution < -0.4 is 0 Å². The molecule has 0 radical (unpaired) electrons. The number of aromatic hydroxyl groups is 1. The Morgan fingerprint density at radius 1 is 1.04 bits per heavy atom. The minimum Gasteiger partial charge on any atom is -0.508 e. The molecule has 0 unspecified atom stereocenters. The number of halogens is 2. The van der Waals surface area contributed by atoms with E-state index < -0.39 is 11.8 Å². The average Bonchev–Trinajstić information content (AvgIpc) is 2.85. The zero-order valence-corrected chi connectivity index (χ0v) is 12.9. The number of phenols is 1. The molecule has 2 aromatic carbocycles. The Hall–Kier alpha value is -2.50. The highest BCUT2D eigenvalue weighted by molar-refractivity contribution is 6.37. The van der Waals surface area contributed by atoms with Crippen LogP contribution in [0.5, 0.6) is 5.75 Å². The lowest BCUT2D eigenvalue weighted by molar-refractivity contribution is 0.0692. The van der Waals surface area contributed by atoms with Gasteiger partial charge in [0.15, 0.2) is 5.76 Å². The number of hydrogen-bond donors (Lipinski definition) is 2. The van der Waals surface area contributed by atoms with Gasteiger partial charge in [0.1, 0.15) is 16.9 Å². The lowest BCUT2D eigenvalue weighted by atomic mass is 10.0. The molecule has 1 heterocycles. The van der Waals surface area contributed by atoms with Gasteiger partial charge in [-0.25, -0.2) is 4.79 Å². The van der Waals surface area contributed by atoms with Crippen molar-refractivity contribution in [2.24, 2.45) is 0 Å². The summed E-state index contributed by atoms with van der Waals surface area (Å²) in [6.45, 7) is 0. The Bertz CT molecular complexity index is 959. The Balaban J connectivity index is 2.24. The molecule has 0 aliphatic rings. The first-order valence-electron chi connectivity index (χ1n) is 6.37. The van der Waals surface area contributed by atoms with Crippen LogP contribution >= 0.6 is 23.2 Å². The lowest BCUT2D eigenvalue weighted by Crippen LogP contribution is -2.07. The fourth-order valence-electron chi connectivity index (χ4n) is 2.25. The Labute approximate surface area is 139 Å². The summed E-state index contributed by atoms with van der Waals surface area (Å²) in [4.78, 5) is 24.1. The topological polar surface area (TPSA) is 87.7 Å². The first-order valence-corrected chi connectivity index (χ1v) is 7.12. The van der Waals surface area contributed by atoms with Gasteiger partial charge in [0.2, 0.25) is 5.78 Å². The SMILES string of the molecule is O=C(c1ccc(Cl)cc1Cl)c1oc2cc(O)ccc2c1C(=O)O. The van der Waals surface area contributed by atoms with Gasteiger partial charge in [-0.05, 0) is 30.3 Å².